The van der Waals surface area contributed by atoms with Crippen molar-refractivity contribution in [3.8, 4) is 6.07 Å². The Bertz CT molecular complexity index is 316. The van der Waals surface area contributed by atoms with Gasteiger partial charge in [-0.1, -0.05) is 13.0 Å². The van der Waals surface area contributed by atoms with Gasteiger partial charge in [-0.3, -0.25) is 0 Å². The Labute approximate surface area is 99.5 Å². The van der Waals surface area contributed by atoms with Gasteiger partial charge in [-0.05, 0) is 36.5 Å². The van der Waals surface area contributed by atoms with Gasteiger partial charge in [0.2, 0.25) is 0 Å². The van der Waals surface area contributed by atoms with E-state index in [-0.39, 0.29) is 0 Å². The fourth-order valence-electron chi connectivity index (χ4n) is 1.22. The van der Waals surface area contributed by atoms with Crippen LogP contribution in [0.15, 0.2) is 21.7 Å². The Morgan fingerprint density at radius 1 is 1.67 bits per heavy atom. The summed E-state index contributed by atoms with van der Waals surface area (Å²) in [6.07, 6.45) is 2.52. The van der Waals surface area contributed by atoms with Crippen molar-refractivity contribution < 1.29 is 0 Å². The first-order valence-corrected chi connectivity index (χ1v) is 6.93. The normalized spacial score (nSPS) is 14.5. The molecule has 1 atom stereocenters. The van der Waals surface area contributed by atoms with E-state index in [0.29, 0.717) is 0 Å². The third-order valence-corrected chi connectivity index (χ3v) is 4.58. The van der Waals surface area contributed by atoms with Crippen molar-refractivity contribution in [2.24, 2.45) is 5.73 Å². The first-order chi connectivity index (χ1) is 7.20. The highest BCUT2D eigenvalue weighted by Gasteiger charge is 2.20. The van der Waals surface area contributed by atoms with E-state index >= 15 is 0 Å². The maximum Gasteiger partial charge on any atom is 0.104 e. The quantitative estimate of drug-likeness (QED) is 0.613. The first-order valence-electron chi connectivity index (χ1n) is 5.06. The molecule has 15 heavy (non-hydrogen) atoms. The number of nitrogens with zero attached hydrogens (tertiary/aromatic N) is 1. The van der Waals surface area contributed by atoms with Crippen molar-refractivity contribution in [2.45, 2.75) is 35.9 Å². The van der Waals surface area contributed by atoms with Crippen LogP contribution in [0.3, 0.4) is 0 Å². The number of hydrogen-bond acceptors (Lipinski definition) is 4. The molecule has 0 aliphatic heterocycles. The van der Waals surface area contributed by atoms with Crippen LogP contribution in [0.4, 0.5) is 0 Å². The highest BCUT2D eigenvalue weighted by atomic mass is 32.2. The Kier molecular flexibility index (Phi) is 5.16. The van der Waals surface area contributed by atoms with Gasteiger partial charge in [-0.2, -0.15) is 5.26 Å². The van der Waals surface area contributed by atoms with Gasteiger partial charge < -0.3 is 5.73 Å². The van der Waals surface area contributed by atoms with Gasteiger partial charge >= 0.3 is 0 Å². The Morgan fingerprint density at radius 3 is 3.00 bits per heavy atom. The summed E-state index contributed by atoms with van der Waals surface area (Å²) < 4.78 is 1.34. The van der Waals surface area contributed by atoms with Gasteiger partial charge in [0.15, 0.2) is 0 Å². The summed E-state index contributed by atoms with van der Waals surface area (Å²) >= 11 is 3.60. The summed E-state index contributed by atoms with van der Waals surface area (Å²) in [4.78, 5) is 0. The molecule has 0 aliphatic rings. The predicted octanol–water partition coefficient (Wildman–Crippen LogP) is 3.25. The average molecular weight is 240 g/mol. The van der Waals surface area contributed by atoms with Gasteiger partial charge in [0.1, 0.15) is 5.54 Å². The maximum absolute atomic E-state index is 8.89. The van der Waals surface area contributed by atoms with Crippen LogP contribution in [0.25, 0.3) is 0 Å². The van der Waals surface area contributed by atoms with Gasteiger partial charge in [-0.25, -0.2) is 0 Å². The number of nitriles is 1. The molecular weight excluding hydrogens is 224 g/mol. The highest BCUT2D eigenvalue weighted by Crippen LogP contribution is 2.25. The Hall–Kier alpha value is -0.500. The summed E-state index contributed by atoms with van der Waals surface area (Å²) in [6.45, 7) is 1.97. The topological polar surface area (TPSA) is 49.8 Å². The van der Waals surface area contributed by atoms with Gasteiger partial charge in [0, 0.05) is 0 Å². The molecule has 82 valence electrons. The fourth-order valence-corrected chi connectivity index (χ4v) is 3.02. The molecule has 1 rings (SSSR count). The molecular formula is C11H16N2S2. The summed E-state index contributed by atoms with van der Waals surface area (Å²) in [7, 11) is 0. The second-order valence-corrected chi connectivity index (χ2v) is 5.85. The largest absolute Gasteiger partial charge is 0.313 e. The van der Waals surface area contributed by atoms with Crippen LogP contribution >= 0.6 is 23.1 Å². The van der Waals surface area contributed by atoms with Crippen LogP contribution in [0.5, 0.6) is 0 Å². The fraction of sp³-hybridized carbons (Fsp3) is 0.545. The van der Waals surface area contributed by atoms with Crippen molar-refractivity contribution in [3.63, 3.8) is 0 Å². The van der Waals surface area contributed by atoms with Crippen LogP contribution in [0.1, 0.15) is 26.2 Å². The molecule has 0 radical (unpaired) electrons. The lowest BCUT2D eigenvalue weighted by molar-refractivity contribution is 0.478. The zero-order valence-corrected chi connectivity index (χ0v) is 10.5. The van der Waals surface area contributed by atoms with E-state index < -0.39 is 5.54 Å². The number of hydrogen-bond donors (Lipinski definition) is 1. The molecule has 1 heterocycles. The second-order valence-electron chi connectivity index (χ2n) is 3.51. The SMILES string of the molecule is CCC(N)(C#N)CCCSc1cccs1. The molecule has 0 saturated heterocycles. The zero-order chi connectivity index (χ0) is 11.1. The lowest BCUT2D eigenvalue weighted by Gasteiger charge is -2.18. The third kappa shape index (κ3) is 4.25. The molecule has 0 amide bonds. The van der Waals surface area contributed by atoms with Crippen molar-refractivity contribution in [1.29, 1.82) is 5.26 Å². The van der Waals surface area contributed by atoms with Crippen molar-refractivity contribution in [1.82, 2.24) is 0 Å². The minimum Gasteiger partial charge on any atom is -0.313 e. The molecule has 0 aliphatic carbocycles. The van der Waals surface area contributed by atoms with E-state index in [4.69, 9.17) is 11.0 Å². The van der Waals surface area contributed by atoms with Gasteiger partial charge in [0.25, 0.3) is 0 Å². The van der Waals surface area contributed by atoms with E-state index in [1.165, 1.54) is 4.21 Å². The zero-order valence-electron chi connectivity index (χ0n) is 8.90. The molecule has 2 N–H and O–H groups in total. The van der Waals surface area contributed by atoms with Crippen LogP contribution in [-0.4, -0.2) is 11.3 Å². The monoisotopic (exact) mass is 240 g/mol. The van der Waals surface area contributed by atoms with E-state index in [0.717, 1.165) is 25.0 Å². The third-order valence-electron chi connectivity index (χ3n) is 2.36. The van der Waals surface area contributed by atoms with Crippen molar-refractivity contribution >= 4 is 23.1 Å². The van der Waals surface area contributed by atoms with E-state index in [2.05, 4.69) is 23.6 Å². The van der Waals surface area contributed by atoms with Crippen LogP contribution in [0, 0.1) is 11.3 Å². The molecule has 0 spiro atoms. The summed E-state index contributed by atoms with van der Waals surface area (Å²) in [5.74, 6) is 1.04. The highest BCUT2D eigenvalue weighted by molar-refractivity contribution is 8.01. The molecule has 4 heteroatoms. The molecule has 1 aromatic heterocycles. The van der Waals surface area contributed by atoms with Crippen LogP contribution < -0.4 is 5.73 Å². The van der Waals surface area contributed by atoms with Crippen LogP contribution in [0.2, 0.25) is 0 Å². The average Bonchev–Trinajstić information content (AvgIpc) is 2.77. The Balaban J connectivity index is 2.20. The lowest BCUT2D eigenvalue weighted by Crippen LogP contribution is -2.37. The lowest BCUT2D eigenvalue weighted by atomic mass is 9.94. The van der Waals surface area contributed by atoms with E-state index in [9.17, 15) is 0 Å². The Morgan fingerprint density at radius 2 is 2.47 bits per heavy atom. The van der Waals surface area contributed by atoms with Crippen LogP contribution in [-0.2, 0) is 0 Å². The molecule has 0 saturated carbocycles. The predicted molar refractivity (Wildman–Crippen MR) is 67.1 cm³/mol. The second kappa shape index (κ2) is 6.16. The van der Waals surface area contributed by atoms with E-state index in [1.807, 2.05) is 18.7 Å². The number of nitrogens with two attached hydrogens (primary N) is 1. The van der Waals surface area contributed by atoms with Gasteiger partial charge in [-0.15, -0.1) is 23.1 Å². The maximum atomic E-state index is 8.89. The number of thiophene rings is 1. The standard InChI is InChI=1S/C11H16N2S2/c1-2-11(13,9-12)6-4-8-15-10-5-3-7-14-10/h3,5,7H,2,4,6,8,13H2,1H3. The summed E-state index contributed by atoms with van der Waals surface area (Å²) in [5, 5.41) is 11.0. The van der Waals surface area contributed by atoms with Crippen molar-refractivity contribution in [2.75, 3.05) is 5.75 Å². The number of thioether (sulfide) groups is 1. The molecule has 2 nitrogen and oxygen atoms in total. The number of rotatable bonds is 6. The molecule has 0 aromatic carbocycles. The first kappa shape index (κ1) is 12.6. The molecule has 1 aromatic rings. The van der Waals surface area contributed by atoms with Gasteiger partial charge in [0.05, 0.1) is 10.3 Å². The minimum atomic E-state index is -0.615. The molecule has 0 fully saturated rings. The van der Waals surface area contributed by atoms with Crippen molar-refractivity contribution in [3.05, 3.63) is 17.5 Å². The minimum absolute atomic E-state index is 0.615. The smallest absolute Gasteiger partial charge is 0.104 e. The molecule has 1 unspecified atom stereocenters. The molecule has 0 bridgehead atoms. The summed E-state index contributed by atoms with van der Waals surface area (Å²) in [6, 6.07) is 6.37. The summed E-state index contributed by atoms with van der Waals surface area (Å²) in [5.41, 5.74) is 5.27. The van der Waals surface area contributed by atoms with E-state index in [1.54, 1.807) is 11.3 Å².